The number of rotatable bonds is 7. The molecule has 1 rings (SSSR count). The van der Waals surface area contributed by atoms with Crippen LogP contribution in [0.4, 0.5) is 0 Å². The zero-order valence-electron chi connectivity index (χ0n) is 11.7. The van der Waals surface area contributed by atoms with Crippen LogP contribution in [0.15, 0.2) is 12.1 Å². The number of carbonyl (C=O) groups is 1. The van der Waals surface area contributed by atoms with Crippen molar-refractivity contribution >= 4 is 15.8 Å². The second-order valence-corrected chi connectivity index (χ2v) is 6.76. The fourth-order valence-corrected chi connectivity index (χ4v) is 3.42. The van der Waals surface area contributed by atoms with Crippen molar-refractivity contribution < 1.29 is 17.9 Å². The molecule has 0 atom stereocenters. The zero-order chi connectivity index (χ0) is 14.5. The molecule has 0 radical (unpaired) electrons. The van der Waals surface area contributed by atoms with Gasteiger partial charge < -0.3 is 9.30 Å². The lowest BCUT2D eigenvalue weighted by molar-refractivity contribution is -0.139. The molecule has 1 aromatic heterocycles. The van der Waals surface area contributed by atoms with Crippen molar-refractivity contribution in [3.8, 4) is 0 Å². The summed E-state index contributed by atoms with van der Waals surface area (Å²) in [5.74, 6) is -0.104. The molecular formula is C13H21NO4S. The highest BCUT2D eigenvalue weighted by Crippen LogP contribution is 2.13. The topological polar surface area (TPSA) is 65.4 Å². The van der Waals surface area contributed by atoms with E-state index in [1.807, 2.05) is 6.92 Å². The number of unbranched alkanes of at least 4 members (excludes halogenated alkanes) is 1. The van der Waals surface area contributed by atoms with Crippen molar-refractivity contribution in [3.63, 3.8) is 0 Å². The van der Waals surface area contributed by atoms with E-state index in [9.17, 15) is 13.2 Å². The molecule has 0 saturated carbocycles. The monoisotopic (exact) mass is 287 g/mol. The first kappa shape index (κ1) is 15.8. The van der Waals surface area contributed by atoms with E-state index in [4.69, 9.17) is 0 Å². The van der Waals surface area contributed by atoms with E-state index >= 15 is 0 Å². The smallest absolute Gasteiger partial charge is 0.311 e. The van der Waals surface area contributed by atoms with Gasteiger partial charge in [0.2, 0.25) is 0 Å². The maximum Gasteiger partial charge on any atom is 0.311 e. The van der Waals surface area contributed by atoms with E-state index in [1.165, 1.54) is 7.11 Å². The zero-order valence-corrected chi connectivity index (χ0v) is 12.5. The van der Waals surface area contributed by atoms with Crippen LogP contribution in [0.1, 0.15) is 31.2 Å². The third-order valence-electron chi connectivity index (χ3n) is 3.06. The first-order chi connectivity index (χ1) is 8.89. The number of sulfone groups is 1. The Morgan fingerprint density at radius 1 is 1.32 bits per heavy atom. The van der Waals surface area contributed by atoms with Crippen LogP contribution < -0.4 is 0 Å². The van der Waals surface area contributed by atoms with Crippen LogP contribution in [0.2, 0.25) is 0 Å². The van der Waals surface area contributed by atoms with Gasteiger partial charge in [0.05, 0.1) is 25.0 Å². The highest BCUT2D eigenvalue weighted by atomic mass is 32.2. The van der Waals surface area contributed by atoms with Crippen molar-refractivity contribution in [2.45, 2.75) is 31.9 Å². The molecule has 0 bridgehead atoms. The lowest BCUT2D eigenvalue weighted by Gasteiger charge is -2.08. The lowest BCUT2D eigenvalue weighted by atomic mass is 10.3. The summed E-state index contributed by atoms with van der Waals surface area (Å²) in [6.07, 6.45) is 1.70. The summed E-state index contributed by atoms with van der Waals surface area (Å²) in [5.41, 5.74) is 1.46. The average Bonchev–Trinajstić information content (AvgIpc) is 2.68. The molecule has 19 heavy (non-hydrogen) atoms. The maximum atomic E-state index is 11.9. The van der Waals surface area contributed by atoms with Gasteiger partial charge in [0.25, 0.3) is 0 Å². The summed E-state index contributed by atoms with van der Waals surface area (Å²) in [6.45, 7) is 1.96. The van der Waals surface area contributed by atoms with Crippen LogP contribution in [0.3, 0.4) is 0 Å². The summed E-state index contributed by atoms with van der Waals surface area (Å²) in [6, 6.07) is 3.52. The van der Waals surface area contributed by atoms with Crippen LogP contribution in [0.25, 0.3) is 0 Å². The number of hydrogen-bond acceptors (Lipinski definition) is 4. The molecule has 0 fully saturated rings. The number of hydrogen-bond donors (Lipinski definition) is 0. The minimum atomic E-state index is -3.08. The molecule has 0 aliphatic carbocycles. The fraction of sp³-hybridized carbons (Fsp3) is 0.615. The number of ether oxygens (including phenoxy) is 1. The van der Waals surface area contributed by atoms with E-state index in [-0.39, 0.29) is 23.9 Å². The minimum Gasteiger partial charge on any atom is -0.469 e. The second-order valence-electron chi connectivity index (χ2n) is 4.57. The predicted molar refractivity (Wildman–Crippen MR) is 73.5 cm³/mol. The Hall–Kier alpha value is -1.30. The van der Waals surface area contributed by atoms with Crippen LogP contribution in [-0.4, -0.2) is 31.8 Å². The van der Waals surface area contributed by atoms with Gasteiger partial charge in [0.1, 0.15) is 0 Å². The number of esters is 1. The van der Waals surface area contributed by atoms with Crippen molar-refractivity contribution in [1.29, 1.82) is 0 Å². The van der Waals surface area contributed by atoms with Gasteiger partial charge in [-0.05, 0) is 18.6 Å². The number of carbonyl (C=O) groups excluding carboxylic acids is 1. The molecule has 0 amide bonds. The van der Waals surface area contributed by atoms with Crippen LogP contribution in [0, 0.1) is 0 Å². The molecule has 0 unspecified atom stereocenters. The first-order valence-corrected chi connectivity index (χ1v) is 8.12. The molecule has 6 heteroatoms. The van der Waals surface area contributed by atoms with Crippen molar-refractivity contribution in [2.75, 3.05) is 12.9 Å². The Balaban J connectivity index is 2.78. The minimum absolute atomic E-state index is 0.0185. The van der Waals surface area contributed by atoms with E-state index in [0.29, 0.717) is 12.1 Å². The summed E-state index contributed by atoms with van der Waals surface area (Å²) in [7, 11) is 0.0245. The normalized spacial score (nSPS) is 11.5. The molecule has 0 aliphatic heterocycles. The molecule has 1 heterocycles. The molecule has 0 aliphatic rings. The molecule has 1 aromatic rings. The predicted octanol–water partition coefficient (Wildman–Crippen LogP) is 1.46. The summed E-state index contributed by atoms with van der Waals surface area (Å²) < 4.78 is 30.1. The fourth-order valence-electron chi connectivity index (χ4n) is 1.80. The quantitative estimate of drug-likeness (QED) is 0.712. The Morgan fingerprint density at radius 2 is 1.95 bits per heavy atom. The third-order valence-corrected chi connectivity index (χ3v) is 4.71. The van der Waals surface area contributed by atoms with Gasteiger partial charge in [0.15, 0.2) is 9.84 Å². The van der Waals surface area contributed by atoms with Crippen LogP contribution in [0.5, 0.6) is 0 Å². The third kappa shape index (κ3) is 4.70. The molecule has 0 saturated heterocycles. The number of aromatic nitrogens is 1. The summed E-state index contributed by atoms with van der Waals surface area (Å²) in [5, 5.41) is 0. The molecule has 108 valence electrons. The van der Waals surface area contributed by atoms with E-state index in [0.717, 1.165) is 12.1 Å². The van der Waals surface area contributed by atoms with Gasteiger partial charge in [0, 0.05) is 18.4 Å². The molecule has 0 N–H and O–H groups in total. The van der Waals surface area contributed by atoms with Gasteiger partial charge in [-0.15, -0.1) is 0 Å². The maximum absolute atomic E-state index is 11.9. The van der Waals surface area contributed by atoms with E-state index in [2.05, 4.69) is 4.74 Å². The Labute approximate surface area is 114 Å². The van der Waals surface area contributed by atoms with E-state index < -0.39 is 9.84 Å². The average molecular weight is 287 g/mol. The second kappa shape index (κ2) is 6.75. The first-order valence-electron chi connectivity index (χ1n) is 6.30. The SMILES string of the molecule is CCCCS(=O)(=O)Cc1ccc(CC(=O)OC)n1C. The number of nitrogens with zero attached hydrogens (tertiary/aromatic N) is 1. The van der Waals surface area contributed by atoms with Gasteiger partial charge >= 0.3 is 5.97 Å². The molecule has 5 nitrogen and oxygen atoms in total. The highest BCUT2D eigenvalue weighted by molar-refractivity contribution is 7.90. The summed E-state index contributed by atoms with van der Waals surface area (Å²) >= 11 is 0. The lowest BCUT2D eigenvalue weighted by Crippen LogP contribution is -2.14. The van der Waals surface area contributed by atoms with Crippen molar-refractivity contribution in [1.82, 2.24) is 4.57 Å². The van der Waals surface area contributed by atoms with Gasteiger partial charge in [-0.3, -0.25) is 4.79 Å². The van der Waals surface area contributed by atoms with Crippen molar-refractivity contribution in [2.24, 2.45) is 7.05 Å². The molecule has 0 aromatic carbocycles. The summed E-state index contributed by atoms with van der Waals surface area (Å²) in [4.78, 5) is 11.2. The number of methoxy groups -OCH3 is 1. The Kier molecular flexibility index (Phi) is 5.60. The Bertz CT molecular complexity index is 531. The molecule has 0 spiro atoms. The van der Waals surface area contributed by atoms with Gasteiger partial charge in [-0.25, -0.2) is 8.42 Å². The highest BCUT2D eigenvalue weighted by Gasteiger charge is 2.16. The van der Waals surface area contributed by atoms with Crippen LogP contribution >= 0.6 is 0 Å². The molecular weight excluding hydrogens is 266 g/mol. The van der Waals surface area contributed by atoms with Gasteiger partial charge in [-0.1, -0.05) is 13.3 Å². The standard InChI is InChI=1S/C13H21NO4S/c1-4-5-8-19(16,17)10-12-7-6-11(14(12)2)9-13(15)18-3/h6-7H,4-5,8-10H2,1-3H3. The van der Waals surface area contributed by atoms with Gasteiger partial charge in [-0.2, -0.15) is 0 Å². The van der Waals surface area contributed by atoms with Crippen molar-refractivity contribution in [3.05, 3.63) is 23.5 Å². The largest absolute Gasteiger partial charge is 0.469 e. The van der Waals surface area contributed by atoms with Crippen LogP contribution in [-0.2, 0) is 38.6 Å². The Morgan fingerprint density at radius 3 is 2.53 bits per heavy atom. The van der Waals surface area contributed by atoms with E-state index in [1.54, 1.807) is 23.7 Å².